The molecule has 0 atom stereocenters. The van der Waals surface area contributed by atoms with Gasteiger partial charge in [0.05, 0.1) is 0 Å². The van der Waals surface area contributed by atoms with Crippen molar-refractivity contribution in [2.24, 2.45) is 0 Å². The molecule has 0 unspecified atom stereocenters. The molecular weight excluding hydrogens is 426 g/mol. The minimum atomic E-state index is 1.04. The molecule has 3 aromatic carbocycles. The first kappa shape index (κ1) is 23.4. The molecule has 5 aromatic rings. The van der Waals surface area contributed by atoms with Crippen molar-refractivity contribution >= 4 is 21.8 Å². The summed E-state index contributed by atoms with van der Waals surface area (Å²) < 4.78 is 0. The number of nitrogens with one attached hydrogen (secondary N) is 3. The van der Waals surface area contributed by atoms with E-state index in [0.717, 1.165) is 32.4 Å². The van der Waals surface area contributed by atoms with Crippen LogP contribution in [0.25, 0.3) is 21.8 Å². The van der Waals surface area contributed by atoms with E-state index >= 15 is 0 Å². The number of aromatic nitrogens is 2. The molecular formula is C32H37N3. The summed E-state index contributed by atoms with van der Waals surface area (Å²) in [4.78, 5) is 7.30. The lowest BCUT2D eigenvalue weighted by Gasteiger charge is -2.08. The second-order valence-electron chi connectivity index (χ2n) is 9.66. The highest BCUT2D eigenvalue weighted by atomic mass is 14.8. The van der Waals surface area contributed by atoms with Crippen LogP contribution in [0.4, 0.5) is 0 Å². The maximum atomic E-state index is 3.73. The summed E-state index contributed by atoms with van der Waals surface area (Å²) in [5.74, 6) is 0. The van der Waals surface area contributed by atoms with Crippen molar-refractivity contribution in [2.45, 2.75) is 51.4 Å². The van der Waals surface area contributed by atoms with E-state index in [1.54, 1.807) is 0 Å². The Balaban J connectivity index is 1.09. The van der Waals surface area contributed by atoms with Crippen LogP contribution in [0.5, 0.6) is 0 Å². The maximum Gasteiger partial charge on any atom is 0.0458 e. The van der Waals surface area contributed by atoms with E-state index in [0.29, 0.717) is 0 Å². The third-order valence-electron chi connectivity index (χ3n) is 7.07. The summed E-state index contributed by atoms with van der Waals surface area (Å²) in [7, 11) is 0. The Labute approximate surface area is 209 Å². The Kier molecular flexibility index (Phi) is 7.97. The van der Waals surface area contributed by atoms with Gasteiger partial charge in [0, 0.05) is 27.8 Å². The summed E-state index contributed by atoms with van der Waals surface area (Å²) in [5, 5.41) is 6.39. The molecule has 0 aliphatic rings. The third kappa shape index (κ3) is 6.23. The highest BCUT2D eigenvalue weighted by Gasteiger charge is 2.11. The molecule has 3 N–H and O–H groups in total. The summed E-state index contributed by atoms with van der Waals surface area (Å²) in [6.45, 7) is 2.13. The number of rotatable bonds is 13. The molecule has 0 spiro atoms. The predicted molar refractivity (Wildman–Crippen MR) is 149 cm³/mol. The Hall–Kier alpha value is -3.30. The molecule has 0 saturated heterocycles. The molecule has 0 aliphatic heterocycles. The van der Waals surface area contributed by atoms with Gasteiger partial charge in [-0.2, -0.15) is 0 Å². The number of fused-ring (bicyclic) bond motifs is 2. The van der Waals surface area contributed by atoms with E-state index in [4.69, 9.17) is 0 Å². The molecule has 0 fully saturated rings. The standard InChI is InChI=1S/C32H37N3/c1-2-12-25(13-3-1)14-10-11-22-33-23-21-29-28-17-6-9-20-31(28)35-32(29)19-8-5-16-27-24-26-15-4-7-18-30(26)34-27/h1-4,6-7,9,12-13,15,17-18,20,24,33-35H,5,8,10-11,14,16,19,21-23H2. The zero-order chi connectivity index (χ0) is 23.7. The first-order chi connectivity index (χ1) is 17.4. The number of benzene rings is 3. The minimum Gasteiger partial charge on any atom is -0.358 e. The van der Waals surface area contributed by atoms with Gasteiger partial charge in [0.15, 0.2) is 0 Å². The monoisotopic (exact) mass is 463 g/mol. The fourth-order valence-electron chi connectivity index (χ4n) is 5.20. The smallest absolute Gasteiger partial charge is 0.0458 e. The summed E-state index contributed by atoms with van der Waals surface area (Å²) in [6.07, 6.45) is 9.34. The van der Waals surface area contributed by atoms with Gasteiger partial charge in [-0.15, -0.1) is 0 Å². The lowest BCUT2D eigenvalue weighted by molar-refractivity contribution is 0.621. The lowest BCUT2D eigenvalue weighted by atomic mass is 10.0. The maximum absolute atomic E-state index is 3.73. The normalized spacial score (nSPS) is 11.5. The molecule has 180 valence electrons. The van der Waals surface area contributed by atoms with E-state index in [-0.39, 0.29) is 0 Å². The van der Waals surface area contributed by atoms with Crippen molar-refractivity contribution in [3.05, 3.63) is 107 Å². The van der Waals surface area contributed by atoms with Crippen LogP contribution in [-0.2, 0) is 25.7 Å². The molecule has 3 nitrogen and oxygen atoms in total. The molecule has 2 aromatic heterocycles. The highest BCUT2D eigenvalue weighted by molar-refractivity contribution is 5.84. The fourth-order valence-corrected chi connectivity index (χ4v) is 5.20. The molecule has 2 heterocycles. The Morgan fingerprint density at radius 2 is 1.31 bits per heavy atom. The van der Waals surface area contributed by atoms with Crippen molar-refractivity contribution in [1.82, 2.24) is 15.3 Å². The van der Waals surface area contributed by atoms with Crippen LogP contribution in [0.15, 0.2) is 84.9 Å². The number of H-pyrrole nitrogens is 2. The average molecular weight is 464 g/mol. The average Bonchev–Trinajstić information content (AvgIpc) is 3.47. The van der Waals surface area contributed by atoms with E-state index in [2.05, 4.69) is 100 Å². The SMILES string of the molecule is c1ccc(CCCCNCCc2c(CCCCc3cc4ccccc4[nH]3)[nH]c3ccccc23)cc1. The zero-order valence-electron chi connectivity index (χ0n) is 20.7. The van der Waals surface area contributed by atoms with Crippen LogP contribution in [0, 0.1) is 0 Å². The van der Waals surface area contributed by atoms with E-state index < -0.39 is 0 Å². The van der Waals surface area contributed by atoms with E-state index in [1.807, 2.05) is 0 Å². The molecule has 0 radical (unpaired) electrons. The quantitative estimate of drug-likeness (QED) is 0.157. The minimum absolute atomic E-state index is 1.04. The molecule has 3 heteroatoms. The number of unbranched alkanes of at least 4 members (excludes halogenated alkanes) is 2. The second kappa shape index (κ2) is 11.9. The number of hydrogen-bond donors (Lipinski definition) is 3. The van der Waals surface area contributed by atoms with Crippen LogP contribution in [-0.4, -0.2) is 23.1 Å². The number of hydrogen-bond acceptors (Lipinski definition) is 1. The fraction of sp³-hybridized carbons (Fsp3) is 0.312. The first-order valence-electron chi connectivity index (χ1n) is 13.3. The van der Waals surface area contributed by atoms with Crippen LogP contribution >= 0.6 is 0 Å². The lowest BCUT2D eigenvalue weighted by Crippen LogP contribution is -2.19. The summed E-state index contributed by atoms with van der Waals surface area (Å²) in [6, 6.07) is 30.4. The van der Waals surface area contributed by atoms with Gasteiger partial charge in [0.25, 0.3) is 0 Å². The molecule has 0 amide bonds. The molecule has 35 heavy (non-hydrogen) atoms. The molecule has 0 aliphatic carbocycles. The topological polar surface area (TPSA) is 43.6 Å². The van der Waals surface area contributed by atoms with Crippen molar-refractivity contribution in [2.75, 3.05) is 13.1 Å². The van der Waals surface area contributed by atoms with Gasteiger partial charge in [-0.1, -0.05) is 66.7 Å². The van der Waals surface area contributed by atoms with Gasteiger partial charge in [-0.05, 0) is 99.2 Å². The van der Waals surface area contributed by atoms with Gasteiger partial charge in [-0.3, -0.25) is 0 Å². The van der Waals surface area contributed by atoms with Crippen molar-refractivity contribution in [3.8, 4) is 0 Å². The first-order valence-corrected chi connectivity index (χ1v) is 13.3. The van der Waals surface area contributed by atoms with Gasteiger partial charge < -0.3 is 15.3 Å². The highest BCUT2D eigenvalue weighted by Crippen LogP contribution is 2.24. The largest absolute Gasteiger partial charge is 0.358 e. The number of aryl methyl sites for hydroxylation is 3. The predicted octanol–water partition coefficient (Wildman–Crippen LogP) is 7.37. The Bertz CT molecular complexity index is 1300. The van der Waals surface area contributed by atoms with Crippen LogP contribution in [0.1, 0.15) is 48.2 Å². The number of aromatic amines is 2. The van der Waals surface area contributed by atoms with Crippen molar-refractivity contribution in [1.29, 1.82) is 0 Å². The Morgan fingerprint density at radius 3 is 2.20 bits per heavy atom. The van der Waals surface area contributed by atoms with Gasteiger partial charge in [0.1, 0.15) is 0 Å². The third-order valence-corrected chi connectivity index (χ3v) is 7.07. The van der Waals surface area contributed by atoms with Gasteiger partial charge in [0.2, 0.25) is 0 Å². The summed E-state index contributed by atoms with van der Waals surface area (Å²) in [5.41, 5.74) is 8.24. The van der Waals surface area contributed by atoms with E-state index in [9.17, 15) is 0 Å². The van der Waals surface area contributed by atoms with E-state index in [1.165, 1.54) is 76.4 Å². The molecule has 0 saturated carbocycles. The molecule has 5 rings (SSSR count). The van der Waals surface area contributed by atoms with Crippen LogP contribution in [0.3, 0.4) is 0 Å². The van der Waals surface area contributed by atoms with Crippen LogP contribution in [0.2, 0.25) is 0 Å². The number of para-hydroxylation sites is 2. The Morgan fingerprint density at radius 1 is 0.571 bits per heavy atom. The van der Waals surface area contributed by atoms with Crippen LogP contribution < -0.4 is 5.32 Å². The second-order valence-corrected chi connectivity index (χ2v) is 9.66. The summed E-state index contributed by atoms with van der Waals surface area (Å²) >= 11 is 0. The zero-order valence-corrected chi connectivity index (χ0v) is 20.7. The van der Waals surface area contributed by atoms with Crippen molar-refractivity contribution < 1.29 is 0 Å². The van der Waals surface area contributed by atoms with Gasteiger partial charge in [-0.25, -0.2) is 0 Å². The van der Waals surface area contributed by atoms with Crippen molar-refractivity contribution in [3.63, 3.8) is 0 Å². The molecule has 0 bridgehead atoms. The van der Waals surface area contributed by atoms with Gasteiger partial charge >= 0.3 is 0 Å².